The Balaban J connectivity index is 2.38. The summed E-state index contributed by atoms with van der Waals surface area (Å²) in [5, 5.41) is 11.2. The minimum atomic E-state index is -0.477. The maximum absolute atomic E-state index is 11.2. The molecule has 1 saturated heterocycles. The average Bonchev–Trinajstić information content (AvgIpc) is 2.41. The molecule has 0 radical (unpaired) electrons. The van der Waals surface area contributed by atoms with E-state index in [-0.39, 0.29) is 5.69 Å². The third-order valence-corrected chi connectivity index (χ3v) is 4.88. The van der Waals surface area contributed by atoms with E-state index in [0.29, 0.717) is 23.1 Å². The fourth-order valence-electron chi connectivity index (χ4n) is 2.28. The quantitative estimate of drug-likeness (QED) is 0.484. The first kappa shape index (κ1) is 13.9. The molecule has 0 saturated carbocycles. The van der Waals surface area contributed by atoms with Crippen LogP contribution in [-0.2, 0) is 0 Å². The van der Waals surface area contributed by atoms with Gasteiger partial charge >= 0.3 is 0 Å². The van der Waals surface area contributed by atoms with Gasteiger partial charge in [0, 0.05) is 47.0 Å². The van der Waals surface area contributed by atoms with Gasteiger partial charge < -0.3 is 4.90 Å². The van der Waals surface area contributed by atoms with Crippen LogP contribution in [0.25, 0.3) is 0 Å². The highest BCUT2D eigenvalue weighted by Gasteiger charge is 2.27. The van der Waals surface area contributed by atoms with Crippen molar-refractivity contribution in [2.75, 3.05) is 17.2 Å². The Labute approximate surface area is 116 Å². The standard InChI is InChI=1S/C13H16N2O3S/c1-9-10(2)19-6-5-14(9)13-4-3-12(15(17)18)7-11(13)8-16/h3-4,7-10H,5-6H2,1-2H3. The highest BCUT2D eigenvalue weighted by Crippen LogP contribution is 2.32. The minimum absolute atomic E-state index is 0.0436. The zero-order chi connectivity index (χ0) is 14.0. The van der Waals surface area contributed by atoms with Gasteiger partial charge in [0.15, 0.2) is 6.29 Å². The van der Waals surface area contributed by atoms with Gasteiger partial charge in [0.25, 0.3) is 5.69 Å². The van der Waals surface area contributed by atoms with E-state index in [0.717, 1.165) is 18.0 Å². The molecule has 1 aromatic rings. The summed E-state index contributed by atoms with van der Waals surface area (Å²) in [7, 11) is 0. The summed E-state index contributed by atoms with van der Waals surface area (Å²) in [5.41, 5.74) is 1.14. The van der Waals surface area contributed by atoms with E-state index >= 15 is 0 Å². The van der Waals surface area contributed by atoms with Gasteiger partial charge in [-0.2, -0.15) is 11.8 Å². The SMILES string of the molecule is CC1SCCN(c2ccc([N+](=O)[O-])cc2C=O)C1C. The number of benzene rings is 1. The zero-order valence-corrected chi connectivity index (χ0v) is 11.7. The number of nitro groups is 1. The van der Waals surface area contributed by atoms with Gasteiger partial charge in [-0.15, -0.1) is 0 Å². The number of thioether (sulfide) groups is 1. The van der Waals surface area contributed by atoms with Crippen LogP contribution in [0.3, 0.4) is 0 Å². The lowest BCUT2D eigenvalue weighted by Crippen LogP contribution is -2.45. The van der Waals surface area contributed by atoms with E-state index in [1.807, 2.05) is 11.8 Å². The fourth-order valence-corrected chi connectivity index (χ4v) is 3.38. The van der Waals surface area contributed by atoms with Crippen LogP contribution in [0.1, 0.15) is 24.2 Å². The molecule has 19 heavy (non-hydrogen) atoms. The lowest BCUT2D eigenvalue weighted by Gasteiger charge is -2.39. The number of hydrogen-bond acceptors (Lipinski definition) is 5. The highest BCUT2D eigenvalue weighted by molar-refractivity contribution is 8.00. The Morgan fingerprint density at radius 2 is 2.21 bits per heavy atom. The molecule has 1 fully saturated rings. The highest BCUT2D eigenvalue weighted by atomic mass is 32.2. The molecule has 1 heterocycles. The second-order valence-electron chi connectivity index (χ2n) is 4.63. The predicted octanol–water partition coefficient (Wildman–Crippen LogP) is 2.74. The van der Waals surface area contributed by atoms with E-state index in [1.165, 1.54) is 12.1 Å². The number of carbonyl (C=O) groups is 1. The van der Waals surface area contributed by atoms with Gasteiger partial charge in [0.1, 0.15) is 0 Å². The molecule has 6 heteroatoms. The topological polar surface area (TPSA) is 63.4 Å². The maximum atomic E-state index is 11.2. The molecule has 2 atom stereocenters. The minimum Gasteiger partial charge on any atom is -0.366 e. The molecule has 1 aromatic carbocycles. The van der Waals surface area contributed by atoms with Gasteiger partial charge in [-0.25, -0.2) is 0 Å². The molecule has 0 spiro atoms. The number of anilines is 1. The molecular formula is C13H16N2O3S. The third-order valence-electron chi connectivity index (χ3n) is 3.54. The van der Waals surface area contributed by atoms with Gasteiger partial charge in [-0.1, -0.05) is 6.92 Å². The molecular weight excluding hydrogens is 264 g/mol. The van der Waals surface area contributed by atoms with E-state index in [4.69, 9.17) is 0 Å². The fraction of sp³-hybridized carbons (Fsp3) is 0.462. The molecule has 2 unspecified atom stereocenters. The Morgan fingerprint density at radius 1 is 1.47 bits per heavy atom. The first-order valence-electron chi connectivity index (χ1n) is 6.16. The number of hydrogen-bond donors (Lipinski definition) is 0. The first-order chi connectivity index (χ1) is 9.04. The van der Waals surface area contributed by atoms with Crippen molar-refractivity contribution in [3.63, 3.8) is 0 Å². The van der Waals surface area contributed by atoms with E-state index in [1.54, 1.807) is 6.07 Å². The van der Waals surface area contributed by atoms with Crippen LogP contribution in [0.5, 0.6) is 0 Å². The summed E-state index contributed by atoms with van der Waals surface area (Å²) in [4.78, 5) is 23.6. The number of carbonyl (C=O) groups excluding carboxylic acids is 1. The average molecular weight is 280 g/mol. The van der Waals surface area contributed by atoms with Crippen molar-refractivity contribution in [3.05, 3.63) is 33.9 Å². The van der Waals surface area contributed by atoms with Crippen molar-refractivity contribution in [1.82, 2.24) is 0 Å². The molecule has 5 nitrogen and oxygen atoms in total. The summed E-state index contributed by atoms with van der Waals surface area (Å²) in [6, 6.07) is 4.79. The molecule has 0 amide bonds. The van der Waals surface area contributed by atoms with Crippen molar-refractivity contribution in [1.29, 1.82) is 0 Å². The molecule has 0 bridgehead atoms. The van der Waals surface area contributed by atoms with Crippen LogP contribution < -0.4 is 4.90 Å². The lowest BCUT2D eigenvalue weighted by molar-refractivity contribution is -0.384. The molecule has 0 N–H and O–H groups in total. The van der Waals surface area contributed by atoms with Gasteiger partial charge in [0.05, 0.1) is 4.92 Å². The number of non-ortho nitro benzene ring substituents is 1. The Bertz CT molecular complexity index is 507. The largest absolute Gasteiger partial charge is 0.366 e. The van der Waals surface area contributed by atoms with Crippen molar-refractivity contribution in [2.24, 2.45) is 0 Å². The maximum Gasteiger partial charge on any atom is 0.270 e. The van der Waals surface area contributed by atoms with Gasteiger partial charge in [0.2, 0.25) is 0 Å². The molecule has 1 aliphatic heterocycles. The number of aldehydes is 1. The summed E-state index contributed by atoms with van der Waals surface area (Å²) in [6.45, 7) is 5.13. The van der Waals surface area contributed by atoms with Crippen LogP contribution in [0, 0.1) is 10.1 Å². The smallest absolute Gasteiger partial charge is 0.270 e. The second kappa shape index (κ2) is 5.61. The van der Waals surface area contributed by atoms with Crippen LogP contribution >= 0.6 is 11.8 Å². The Kier molecular flexibility index (Phi) is 4.09. The summed E-state index contributed by atoms with van der Waals surface area (Å²) in [6.07, 6.45) is 0.696. The van der Waals surface area contributed by atoms with Crippen LogP contribution in [-0.4, -0.2) is 34.8 Å². The molecule has 2 rings (SSSR count). The molecule has 102 valence electrons. The van der Waals surface area contributed by atoms with Crippen molar-refractivity contribution in [3.8, 4) is 0 Å². The number of nitro benzene ring substituents is 1. The third kappa shape index (κ3) is 2.73. The van der Waals surface area contributed by atoms with Crippen LogP contribution in [0.4, 0.5) is 11.4 Å². The second-order valence-corrected chi connectivity index (χ2v) is 6.11. The van der Waals surface area contributed by atoms with Crippen molar-refractivity contribution < 1.29 is 9.72 Å². The van der Waals surface area contributed by atoms with Gasteiger partial charge in [-0.3, -0.25) is 14.9 Å². The first-order valence-corrected chi connectivity index (χ1v) is 7.21. The van der Waals surface area contributed by atoms with Crippen molar-refractivity contribution >= 4 is 29.4 Å². The van der Waals surface area contributed by atoms with E-state index < -0.39 is 4.92 Å². The lowest BCUT2D eigenvalue weighted by atomic mass is 10.1. The van der Waals surface area contributed by atoms with Gasteiger partial charge in [-0.05, 0) is 13.0 Å². The molecule has 1 aliphatic rings. The molecule has 0 aromatic heterocycles. The summed E-state index contributed by atoms with van der Waals surface area (Å²) >= 11 is 1.91. The van der Waals surface area contributed by atoms with Crippen LogP contribution in [0.2, 0.25) is 0 Å². The predicted molar refractivity (Wildman–Crippen MR) is 77.2 cm³/mol. The summed E-state index contributed by atoms with van der Waals surface area (Å²) in [5.74, 6) is 1.00. The zero-order valence-electron chi connectivity index (χ0n) is 10.9. The Hall–Kier alpha value is -1.56. The van der Waals surface area contributed by atoms with Crippen molar-refractivity contribution in [2.45, 2.75) is 25.1 Å². The summed E-state index contributed by atoms with van der Waals surface area (Å²) < 4.78 is 0. The Morgan fingerprint density at radius 3 is 2.84 bits per heavy atom. The normalized spacial score (nSPS) is 23.2. The molecule has 0 aliphatic carbocycles. The number of rotatable bonds is 3. The number of nitrogens with zero attached hydrogens (tertiary/aromatic N) is 2. The van der Waals surface area contributed by atoms with E-state index in [9.17, 15) is 14.9 Å². The monoisotopic (exact) mass is 280 g/mol. The van der Waals surface area contributed by atoms with E-state index in [2.05, 4.69) is 18.7 Å². The van der Waals surface area contributed by atoms with Crippen LogP contribution in [0.15, 0.2) is 18.2 Å².